The predicted molar refractivity (Wildman–Crippen MR) is 65.5 cm³/mol. The van der Waals surface area contributed by atoms with Crippen LogP contribution >= 0.6 is 11.3 Å². The van der Waals surface area contributed by atoms with E-state index in [1.54, 1.807) is 17.4 Å². The van der Waals surface area contributed by atoms with Gasteiger partial charge >= 0.3 is 0 Å². The van der Waals surface area contributed by atoms with Gasteiger partial charge in [0.25, 0.3) is 0 Å². The van der Waals surface area contributed by atoms with E-state index < -0.39 is 0 Å². The Labute approximate surface area is 97.7 Å². The maximum atomic E-state index is 5.44. The first-order valence-corrected chi connectivity index (χ1v) is 5.86. The number of nitrogens with zero attached hydrogens (tertiary/aromatic N) is 3. The lowest BCUT2D eigenvalue weighted by atomic mass is 10.3. The van der Waals surface area contributed by atoms with Gasteiger partial charge < -0.3 is 11.1 Å². The number of anilines is 2. The molecule has 2 rings (SSSR count). The van der Waals surface area contributed by atoms with Crippen molar-refractivity contribution < 1.29 is 0 Å². The third-order valence-electron chi connectivity index (χ3n) is 2.04. The van der Waals surface area contributed by atoms with E-state index in [1.165, 1.54) is 0 Å². The number of rotatable bonds is 4. The Morgan fingerprint density at radius 1 is 1.38 bits per heavy atom. The van der Waals surface area contributed by atoms with Gasteiger partial charge in [0.2, 0.25) is 0 Å². The van der Waals surface area contributed by atoms with Crippen LogP contribution in [0, 0.1) is 6.92 Å². The van der Waals surface area contributed by atoms with Gasteiger partial charge in [0, 0.05) is 18.3 Å². The molecule has 0 saturated carbocycles. The number of nitrogens with two attached hydrogens (primary N) is 1. The maximum Gasteiger partial charge on any atom is 0.148 e. The number of aryl methyl sites for hydroxylation is 1. The molecule has 84 valence electrons. The summed E-state index contributed by atoms with van der Waals surface area (Å²) in [6.45, 7) is 2.80. The molecule has 2 heterocycles. The summed E-state index contributed by atoms with van der Waals surface area (Å²) in [6.07, 6.45) is 0.885. The molecule has 0 aliphatic carbocycles. The highest BCUT2D eigenvalue weighted by Crippen LogP contribution is 2.09. The van der Waals surface area contributed by atoms with Gasteiger partial charge in [-0.05, 0) is 19.1 Å². The highest BCUT2D eigenvalue weighted by Gasteiger charge is 1.99. The van der Waals surface area contributed by atoms with E-state index in [2.05, 4.69) is 25.9 Å². The molecule has 6 heteroatoms. The summed E-state index contributed by atoms with van der Waals surface area (Å²) in [5.74, 6) is 1.17. The Morgan fingerprint density at radius 3 is 2.88 bits per heavy atom. The first-order chi connectivity index (χ1) is 7.74. The Hall–Kier alpha value is -1.69. The van der Waals surface area contributed by atoms with Gasteiger partial charge in [0.05, 0.1) is 10.7 Å². The third kappa shape index (κ3) is 2.90. The van der Waals surface area contributed by atoms with Crippen LogP contribution in [0.3, 0.4) is 0 Å². The summed E-state index contributed by atoms with van der Waals surface area (Å²) >= 11 is 1.67. The minimum atomic E-state index is 0.431. The SMILES string of the molecule is Cc1nc(CCNc2ccc(N)nn2)cs1. The van der Waals surface area contributed by atoms with E-state index >= 15 is 0 Å². The number of aromatic nitrogens is 3. The zero-order valence-corrected chi connectivity index (χ0v) is 9.79. The maximum absolute atomic E-state index is 5.44. The fraction of sp³-hybridized carbons (Fsp3) is 0.300. The Kier molecular flexibility index (Phi) is 3.31. The van der Waals surface area contributed by atoms with Crippen LogP contribution in [0.15, 0.2) is 17.5 Å². The molecule has 2 aromatic heterocycles. The lowest BCUT2D eigenvalue weighted by Crippen LogP contribution is -2.07. The largest absolute Gasteiger partial charge is 0.382 e. The van der Waals surface area contributed by atoms with Crippen molar-refractivity contribution in [1.82, 2.24) is 15.2 Å². The zero-order valence-electron chi connectivity index (χ0n) is 8.97. The van der Waals surface area contributed by atoms with Crippen LogP contribution in [0.2, 0.25) is 0 Å². The quantitative estimate of drug-likeness (QED) is 0.839. The first kappa shape index (κ1) is 10.8. The van der Waals surface area contributed by atoms with Crippen molar-refractivity contribution in [3.8, 4) is 0 Å². The summed E-state index contributed by atoms with van der Waals surface area (Å²) < 4.78 is 0. The molecule has 0 unspecified atom stereocenters. The summed E-state index contributed by atoms with van der Waals surface area (Å²) in [5, 5.41) is 14.0. The second-order valence-electron chi connectivity index (χ2n) is 3.38. The lowest BCUT2D eigenvalue weighted by molar-refractivity contribution is 0.942. The fourth-order valence-corrected chi connectivity index (χ4v) is 1.93. The van der Waals surface area contributed by atoms with E-state index in [9.17, 15) is 0 Å². The van der Waals surface area contributed by atoms with Gasteiger partial charge in [-0.1, -0.05) is 0 Å². The molecule has 3 N–H and O–H groups in total. The summed E-state index contributed by atoms with van der Waals surface area (Å²) in [6, 6.07) is 3.54. The predicted octanol–water partition coefficient (Wildman–Crippen LogP) is 1.48. The zero-order chi connectivity index (χ0) is 11.4. The summed E-state index contributed by atoms with van der Waals surface area (Å²) in [5.41, 5.74) is 6.55. The van der Waals surface area contributed by atoms with Crippen molar-refractivity contribution in [3.05, 3.63) is 28.2 Å². The van der Waals surface area contributed by atoms with Crippen LogP contribution in [0.25, 0.3) is 0 Å². The molecule has 0 radical (unpaired) electrons. The molecule has 0 amide bonds. The molecule has 0 aromatic carbocycles. The second-order valence-corrected chi connectivity index (χ2v) is 4.44. The minimum absolute atomic E-state index is 0.431. The average molecular weight is 235 g/mol. The van der Waals surface area contributed by atoms with Crippen molar-refractivity contribution in [1.29, 1.82) is 0 Å². The summed E-state index contributed by atoms with van der Waals surface area (Å²) in [4.78, 5) is 4.38. The fourth-order valence-electron chi connectivity index (χ4n) is 1.28. The number of nitrogen functional groups attached to an aromatic ring is 1. The molecule has 0 atom stereocenters. The topological polar surface area (TPSA) is 76.7 Å². The van der Waals surface area contributed by atoms with Crippen LogP contribution in [0.5, 0.6) is 0 Å². The molecule has 0 spiro atoms. The van der Waals surface area contributed by atoms with Crippen molar-refractivity contribution in [2.24, 2.45) is 0 Å². The highest BCUT2D eigenvalue weighted by molar-refractivity contribution is 7.09. The van der Waals surface area contributed by atoms with E-state index in [4.69, 9.17) is 5.73 Å². The highest BCUT2D eigenvalue weighted by atomic mass is 32.1. The van der Waals surface area contributed by atoms with E-state index in [1.807, 2.05) is 13.0 Å². The molecular weight excluding hydrogens is 222 g/mol. The molecule has 16 heavy (non-hydrogen) atoms. The molecule has 0 fully saturated rings. The van der Waals surface area contributed by atoms with Crippen LogP contribution in [0.1, 0.15) is 10.7 Å². The summed E-state index contributed by atoms with van der Waals surface area (Å²) in [7, 11) is 0. The van der Waals surface area contributed by atoms with E-state index in [0.717, 1.165) is 29.5 Å². The smallest absolute Gasteiger partial charge is 0.148 e. The molecule has 0 saturated heterocycles. The first-order valence-electron chi connectivity index (χ1n) is 4.98. The van der Waals surface area contributed by atoms with Crippen molar-refractivity contribution in [2.45, 2.75) is 13.3 Å². The minimum Gasteiger partial charge on any atom is -0.382 e. The monoisotopic (exact) mass is 235 g/mol. The van der Waals surface area contributed by atoms with Crippen LogP contribution in [-0.2, 0) is 6.42 Å². The van der Waals surface area contributed by atoms with Crippen LogP contribution in [-0.4, -0.2) is 21.7 Å². The Bertz CT molecular complexity index is 450. The van der Waals surface area contributed by atoms with Gasteiger partial charge in [-0.2, -0.15) is 0 Å². The number of thiazole rings is 1. The van der Waals surface area contributed by atoms with Crippen LogP contribution in [0.4, 0.5) is 11.6 Å². The van der Waals surface area contributed by atoms with E-state index in [0.29, 0.717) is 5.82 Å². The molecule has 0 aliphatic rings. The average Bonchev–Trinajstić information content (AvgIpc) is 2.67. The van der Waals surface area contributed by atoms with Crippen molar-refractivity contribution in [3.63, 3.8) is 0 Å². The van der Waals surface area contributed by atoms with Crippen molar-refractivity contribution in [2.75, 3.05) is 17.6 Å². The normalized spacial score (nSPS) is 10.3. The van der Waals surface area contributed by atoms with Crippen LogP contribution < -0.4 is 11.1 Å². The number of hydrogen-bond donors (Lipinski definition) is 2. The van der Waals surface area contributed by atoms with Gasteiger partial charge in [0.1, 0.15) is 11.6 Å². The van der Waals surface area contributed by atoms with Gasteiger partial charge in [-0.25, -0.2) is 4.98 Å². The molecule has 0 bridgehead atoms. The third-order valence-corrected chi connectivity index (χ3v) is 2.86. The lowest BCUT2D eigenvalue weighted by Gasteiger charge is -2.02. The molecule has 0 aliphatic heterocycles. The number of hydrogen-bond acceptors (Lipinski definition) is 6. The number of nitrogens with one attached hydrogen (secondary N) is 1. The molecule has 5 nitrogen and oxygen atoms in total. The molecule has 2 aromatic rings. The Balaban J connectivity index is 1.82. The van der Waals surface area contributed by atoms with Gasteiger partial charge in [0.15, 0.2) is 0 Å². The Morgan fingerprint density at radius 2 is 2.25 bits per heavy atom. The van der Waals surface area contributed by atoms with Gasteiger partial charge in [-0.15, -0.1) is 21.5 Å². The van der Waals surface area contributed by atoms with Gasteiger partial charge in [-0.3, -0.25) is 0 Å². The van der Waals surface area contributed by atoms with Crippen molar-refractivity contribution >= 4 is 23.0 Å². The second kappa shape index (κ2) is 4.89. The standard InChI is InChI=1S/C10H13N5S/c1-7-13-8(6-16-7)4-5-12-10-3-2-9(11)14-15-10/h2-3,6H,4-5H2,1H3,(H2,11,14)(H,12,15). The van der Waals surface area contributed by atoms with E-state index in [-0.39, 0.29) is 0 Å². The molecular formula is C10H13N5S.